The van der Waals surface area contributed by atoms with E-state index in [1.54, 1.807) is 19.1 Å². The van der Waals surface area contributed by atoms with Gasteiger partial charge in [0.05, 0.1) is 26.9 Å². The molecule has 1 aliphatic rings. The first-order chi connectivity index (χ1) is 17.2. The van der Waals surface area contributed by atoms with Crippen LogP contribution in [-0.2, 0) is 9.59 Å². The standard InChI is InChI=1S/C26H29NO9/c1-6-14(2)22(26(30)31)27-21(28)13-35-16-8-9-17-19(12-16)36-20(23(17)29)11-15-7-10-18(32-3)25(34-5)24(15)33-4/h7-12,14,22H,6,13H2,1-5H3,(H,27,28)(H,30,31)/b20-11-/t14-,22+/m1/s1. The van der Waals surface area contributed by atoms with Crippen molar-refractivity contribution in [3.63, 3.8) is 0 Å². The number of hydrogen-bond acceptors (Lipinski definition) is 8. The van der Waals surface area contributed by atoms with Gasteiger partial charge in [0.15, 0.2) is 23.9 Å². The van der Waals surface area contributed by atoms with Gasteiger partial charge in [0.25, 0.3) is 5.91 Å². The number of carboxylic acid groups (broad SMARTS) is 1. The molecular formula is C26H29NO9. The van der Waals surface area contributed by atoms with Crippen molar-refractivity contribution in [2.45, 2.75) is 26.3 Å². The lowest BCUT2D eigenvalue weighted by Gasteiger charge is -2.20. The third-order valence-corrected chi connectivity index (χ3v) is 5.83. The summed E-state index contributed by atoms with van der Waals surface area (Å²) < 4.78 is 27.4. The summed E-state index contributed by atoms with van der Waals surface area (Å²) in [7, 11) is 4.47. The van der Waals surface area contributed by atoms with E-state index in [4.69, 9.17) is 23.7 Å². The minimum absolute atomic E-state index is 0.0725. The molecule has 36 heavy (non-hydrogen) atoms. The zero-order valence-corrected chi connectivity index (χ0v) is 20.7. The highest BCUT2D eigenvalue weighted by atomic mass is 16.5. The Morgan fingerprint density at radius 1 is 1.08 bits per heavy atom. The van der Waals surface area contributed by atoms with Crippen molar-refractivity contribution in [3.05, 3.63) is 47.2 Å². The molecule has 0 bridgehead atoms. The average Bonchev–Trinajstić information content (AvgIpc) is 3.18. The number of Topliss-reactive ketones (excluding diaryl/α,β-unsaturated/α-hetero) is 1. The number of ether oxygens (including phenoxy) is 5. The molecule has 2 atom stereocenters. The molecule has 0 radical (unpaired) electrons. The second-order valence-corrected chi connectivity index (χ2v) is 8.08. The number of ketones is 1. The molecule has 0 aromatic heterocycles. The van der Waals surface area contributed by atoms with Gasteiger partial charge in [-0.3, -0.25) is 9.59 Å². The highest BCUT2D eigenvalue weighted by molar-refractivity contribution is 6.14. The first-order valence-corrected chi connectivity index (χ1v) is 11.3. The van der Waals surface area contributed by atoms with Crippen LogP contribution >= 0.6 is 0 Å². The number of fused-ring (bicyclic) bond motifs is 1. The molecule has 10 heteroatoms. The molecule has 0 saturated carbocycles. The summed E-state index contributed by atoms with van der Waals surface area (Å²) in [6.45, 7) is 3.20. The van der Waals surface area contributed by atoms with E-state index in [2.05, 4.69) is 5.32 Å². The molecule has 0 spiro atoms. The Kier molecular flexibility index (Phi) is 8.42. The molecule has 0 saturated heterocycles. The fourth-order valence-electron chi connectivity index (χ4n) is 3.68. The second-order valence-electron chi connectivity index (χ2n) is 8.08. The monoisotopic (exact) mass is 499 g/mol. The number of aliphatic carboxylic acids is 1. The van der Waals surface area contributed by atoms with E-state index >= 15 is 0 Å². The normalized spacial score (nSPS) is 14.9. The van der Waals surface area contributed by atoms with Crippen LogP contribution in [0.3, 0.4) is 0 Å². The molecule has 0 aliphatic carbocycles. The van der Waals surface area contributed by atoms with Crippen LogP contribution in [0.1, 0.15) is 36.2 Å². The van der Waals surface area contributed by atoms with Crippen LogP contribution in [0, 0.1) is 5.92 Å². The van der Waals surface area contributed by atoms with Crippen LogP contribution in [0.15, 0.2) is 36.1 Å². The molecular weight excluding hydrogens is 470 g/mol. The summed E-state index contributed by atoms with van der Waals surface area (Å²) in [4.78, 5) is 36.5. The Morgan fingerprint density at radius 3 is 2.42 bits per heavy atom. The van der Waals surface area contributed by atoms with Gasteiger partial charge >= 0.3 is 5.97 Å². The van der Waals surface area contributed by atoms with E-state index in [-0.39, 0.29) is 29.0 Å². The first kappa shape index (κ1) is 26.4. The third-order valence-electron chi connectivity index (χ3n) is 5.83. The summed E-state index contributed by atoms with van der Waals surface area (Å²) in [5, 5.41) is 11.8. The van der Waals surface area contributed by atoms with E-state index in [0.29, 0.717) is 34.8 Å². The van der Waals surface area contributed by atoms with Gasteiger partial charge in [-0.15, -0.1) is 0 Å². The number of carbonyl (C=O) groups is 3. The summed E-state index contributed by atoms with van der Waals surface area (Å²) in [6.07, 6.45) is 2.14. The van der Waals surface area contributed by atoms with E-state index < -0.39 is 24.5 Å². The molecule has 10 nitrogen and oxygen atoms in total. The van der Waals surface area contributed by atoms with Crippen molar-refractivity contribution in [3.8, 4) is 28.7 Å². The predicted octanol–water partition coefficient (Wildman–Crippen LogP) is 3.32. The highest BCUT2D eigenvalue weighted by Gasteiger charge is 2.29. The second kappa shape index (κ2) is 11.5. The lowest BCUT2D eigenvalue weighted by atomic mass is 9.99. The number of nitrogens with one attached hydrogen (secondary N) is 1. The average molecular weight is 500 g/mol. The lowest BCUT2D eigenvalue weighted by molar-refractivity contribution is -0.143. The number of carbonyl (C=O) groups excluding carboxylic acids is 2. The Labute approximate surface area is 208 Å². The Balaban J connectivity index is 1.74. The number of carboxylic acids is 1. The van der Waals surface area contributed by atoms with E-state index in [9.17, 15) is 19.5 Å². The van der Waals surface area contributed by atoms with Crippen molar-refractivity contribution < 1.29 is 43.2 Å². The van der Waals surface area contributed by atoms with Crippen molar-refractivity contribution in [1.29, 1.82) is 0 Å². The van der Waals surface area contributed by atoms with Gasteiger partial charge in [0.1, 0.15) is 17.5 Å². The van der Waals surface area contributed by atoms with Crippen LogP contribution in [0.2, 0.25) is 0 Å². The van der Waals surface area contributed by atoms with Gasteiger partial charge < -0.3 is 34.1 Å². The number of amides is 1. The molecule has 0 fully saturated rings. The minimum Gasteiger partial charge on any atom is -0.493 e. The van der Waals surface area contributed by atoms with Crippen LogP contribution in [0.25, 0.3) is 6.08 Å². The largest absolute Gasteiger partial charge is 0.493 e. The summed E-state index contributed by atoms with van der Waals surface area (Å²) >= 11 is 0. The quantitative estimate of drug-likeness (QED) is 0.447. The van der Waals surface area contributed by atoms with Crippen molar-refractivity contribution in [2.24, 2.45) is 5.92 Å². The number of hydrogen-bond donors (Lipinski definition) is 2. The van der Waals surface area contributed by atoms with Crippen LogP contribution in [0.4, 0.5) is 0 Å². The summed E-state index contributed by atoms with van der Waals surface area (Å²) in [6, 6.07) is 6.97. The minimum atomic E-state index is -1.10. The van der Waals surface area contributed by atoms with E-state index in [1.165, 1.54) is 45.6 Å². The SMILES string of the molecule is CC[C@@H](C)[C@H](NC(=O)COc1ccc2c(c1)O/C(=C\c1ccc(OC)c(OC)c1OC)C2=O)C(=O)O. The van der Waals surface area contributed by atoms with E-state index in [1.807, 2.05) is 6.92 Å². The lowest BCUT2D eigenvalue weighted by Crippen LogP contribution is -2.46. The molecule has 1 aliphatic heterocycles. The van der Waals surface area contributed by atoms with E-state index in [0.717, 1.165) is 0 Å². The molecule has 2 aromatic rings. The van der Waals surface area contributed by atoms with Gasteiger partial charge in [-0.05, 0) is 36.3 Å². The van der Waals surface area contributed by atoms with Crippen molar-refractivity contribution in [1.82, 2.24) is 5.32 Å². The maximum absolute atomic E-state index is 12.9. The van der Waals surface area contributed by atoms with Gasteiger partial charge in [-0.2, -0.15) is 0 Å². The van der Waals surface area contributed by atoms with Gasteiger partial charge in [0.2, 0.25) is 11.5 Å². The van der Waals surface area contributed by atoms with Gasteiger partial charge in [-0.25, -0.2) is 4.79 Å². The topological polar surface area (TPSA) is 130 Å². The Bertz CT molecular complexity index is 1190. The van der Waals surface area contributed by atoms with Gasteiger partial charge in [0, 0.05) is 11.6 Å². The Morgan fingerprint density at radius 2 is 1.81 bits per heavy atom. The molecule has 192 valence electrons. The molecule has 1 heterocycles. The Hall–Kier alpha value is -4.21. The summed E-state index contributed by atoms with van der Waals surface area (Å²) in [5.41, 5.74) is 0.883. The number of allylic oxidation sites excluding steroid dienone is 1. The smallest absolute Gasteiger partial charge is 0.326 e. The third kappa shape index (κ3) is 5.54. The maximum atomic E-state index is 12.9. The predicted molar refractivity (Wildman–Crippen MR) is 130 cm³/mol. The van der Waals surface area contributed by atoms with Gasteiger partial charge in [-0.1, -0.05) is 20.3 Å². The molecule has 2 N–H and O–H groups in total. The molecule has 3 rings (SSSR count). The molecule has 0 unspecified atom stereocenters. The summed E-state index contributed by atoms with van der Waals surface area (Å²) in [5.74, 6) is -0.373. The highest BCUT2D eigenvalue weighted by Crippen LogP contribution is 2.42. The van der Waals surface area contributed by atoms with Crippen LogP contribution in [0.5, 0.6) is 28.7 Å². The fourth-order valence-corrected chi connectivity index (χ4v) is 3.68. The van der Waals surface area contributed by atoms with Crippen molar-refractivity contribution in [2.75, 3.05) is 27.9 Å². The fraction of sp³-hybridized carbons (Fsp3) is 0.346. The number of rotatable bonds is 11. The molecule has 1 amide bonds. The van der Waals surface area contributed by atoms with Crippen molar-refractivity contribution >= 4 is 23.7 Å². The zero-order chi connectivity index (χ0) is 26.4. The first-order valence-electron chi connectivity index (χ1n) is 11.3. The number of methoxy groups -OCH3 is 3. The molecule has 2 aromatic carbocycles. The maximum Gasteiger partial charge on any atom is 0.326 e. The van der Waals surface area contributed by atoms with Crippen LogP contribution < -0.4 is 29.0 Å². The van der Waals surface area contributed by atoms with Crippen LogP contribution in [-0.4, -0.2) is 56.7 Å². The number of benzene rings is 2. The zero-order valence-electron chi connectivity index (χ0n) is 20.7.